The van der Waals surface area contributed by atoms with E-state index in [-0.39, 0.29) is 0 Å². The molecular weight excluding hydrogens is 268 g/mol. The molecule has 0 unspecified atom stereocenters. The summed E-state index contributed by atoms with van der Waals surface area (Å²) >= 11 is 3.35. The molecule has 1 aromatic rings. The lowest BCUT2D eigenvalue weighted by Crippen LogP contribution is -2.29. The molecule has 0 amide bonds. The van der Waals surface area contributed by atoms with E-state index in [1.165, 1.54) is 18.4 Å². The molecule has 88 valence electrons. The summed E-state index contributed by atoms with van der Waals surface area (Å²) in [6.07, 6.45) is 4.59. The van der Waals surface area contributed by atoms with Crippen molar-refractivity contribution in [3.63, 3.8) is 0 Å². The van der Waals surface area contributed by atoms with Gasteiger partial charge < -0.3 is 4.74 Å². The molecule has 16 heavy (non-hydrogen) atoms. The zero-order valence-corrected chi connectivity index (χ0v) is 11.1. The van der Waals surface area contributed by atoms with Crippen LogP contribution >= 0.6 is 15.9 Å². The van der Waals surface area contributed by atoms with Crippen LogP contribution in [0.5, 0.6) is 0 Å². The van der Waals surface area contributed by atoms with E-state index >= 15 is 0 Å². The second-order valence-corrected chi connectivity index (χ2v) is 5.00. The van der Waals surface area contributed by atoms with Crippen LogP contribution in [0.15, 0.2) is 22.9 Å². The smallest absolute Gasteiger partial charge is 0.106 e. The lowest BCUT2D eigenvalue weighted by atomic mass is 10.2. The SMILES string of the molecule is COCCN(Cc1ccc(Br)nc1)C1CC1. The van der Waals surface area contributed by atoms with Crippen molar-refractivity contribution in [1.29, 1.82) is 0 Å². The van der Waals surface area contributed by atoms with Gasteiger partial charge in [-0.05, 0) is 40.4 Å². The highest BCUT2D eigenvalue weighted by Crippen LogP contribution is 2.27. The molecule has 2 rings (SSSR count). The highest BCUT2D eigenvalue weighted by atomic mass is 79.9. The molecule has 0 radical (unpaired) electrons. The highest BCUT2D eigenvalue weighted by Gasteiger charge is 2.28. The Bertz CT molecular complexity index is 324. The molecule has 1 fully saturated rings. The van der Waals surface area contributed by atoms with Gasteiger partial charge in [0.05, 0.1) is 6.61 Å². The van der Waals surface area contributed by atoms with Gasteiger partial charge in [0.2, 0.25) is 0 Å². The van der Waals surface area contributed by atoms with Crippen LogP contribution in [0.1, 0.15) is 18.4 Å². The second kappa shape index (κ2) is 5.75. The molecule has 1 aliphatic rings. The molecule has 1 aliphatic carbocycles. The third-order valence-corrected chi connectivity index (χ3v) is 3.29. The van der Waals surface area contributed by atoms with Gasteiger partial charge >= 0.3 is 0 Å². The van der Waals surface area contributed by atoms with E-state index in [1.807, 2.05) is 12.3 Å². The first kappa shape index (κ1) is 12.0. The molecule has 3 nitrogen and oxygen atoms in total. The van der Waals surface area contributed by atoms with Crippen molar-refractivity contribution < 1.29 is 4.74 Å². The first-order chi connectivity index (χ1) is 7.79. The lowest BCUT2D eigenvalue weighted by Gasteiger charge is -2.21. The summed E-state index contributed by atoms with van der Waals surface area (Å²) in [4.78, 5) is 6.73. The second-order valence-electron chi connectivity index (χ2n) is 4.18. The quantitative estimate of drug-likeness (QED) is 0.751. The van der Waals surface area contributed by atoms with Crippen molar-refractivity contribution in [2.24, 2.45) is 0 Å². The number of nitrogens with zero attached hydrogens (tertiary/aromatic N) is 2. The molecule has 1 saturated carbocycles. The highest BCUT2D eigenvalue weighted by molar-refractivity contribution is 9.10. The average molecular weight is 285 g/mol. The van der Waals surface area contributed by atoms with Crippen LogP contribution in [-0.2, 0) is 11.3 Å². The average Bonchev–Trinajstić information content (AvgIpc) is 3.11. The van der Waals surface area contributed by atoms with E-state index in [1.54, 1.807) is 7.11 Å². The van der Waals surface area contributed by atoms with Crippen molar-refractivity contribution >= 4 is 15.9 Å². The van der Waals surface area contributed by atoms with E-state index in [0.29, 0.717) is 0 Å². The minimum atomic E-state index is 0.763. The summed E-state index contributed by atoms with van der Waals surface area (Å²) in [7, 11) is 1.76. The summed E-state index contributed by atoms with van der Waals surface area (Å²) in [5, 5.41) is 0. The van der Waals surface area contributed by atoms with E-state index < -0.39 is 0 Å². The Morgan fingerprint density at radius 2 is 2.31 bits per heavy atom. The summed E-state index contributed by atoms with van der Waals surface area (Å²) in [6, 6.07) is 4.88. The van der Waals surface area contributed by atoms with Gasteiger partial charge in [-0.25, -0.2) is 4.98 Å². The number of methoxy groups -OCH3 is 1. The summed E-state index contributed by atoms with van der Waals surface area (Å²) in [6.45, 7) is 2.80. The number of ether oxygens (including phenoxy) is 1. The van der Waals surface area contributed by atoms with Crippen molar-refractivity contribution in [3.05, 3.63) is 28.5 Å². The molecule has 0 N–H and O–H groups in total. The Balaban J connectivity index is 1.91. The Morgan fingerprint density at radius 3 is 2.88 bits per heavy atom. The molecule has 1 aromatic heterocycles. The Morgan fingerprint density at radius 1 is 1.50 bits per heavy atom. The summed E-state index contributed by atoms with van der Waals surface area (Å²) in [5.41, 5.74) is 1.27. The van der Waals surface area contributed by atoms with Crippen LogP contribution in [0, 0.1) is 0 Å². The molecule has 0 atom stereocenters. The van der Waals surface area contributed by atoms with Gasteiger partial charge in [-0.1, -0.05) is 6.07 Å². The Labute approximate surface area is 105 Å². The molecule has 0 aliphatic heterocycles. The zero-order chi connectivity index (χ0) is 11.4. The Kier molecular flexibility index (Phi) is 4.32. The topological polar surface area (TPSA) is 25.4 Å². The fourth-order valence-corrected chi connectivity index (χ4v) is 2.01. The first-order valence-corrected chi connectivity index (χ1v) is 6.42. The van der Waals surface area contributed by atoms with E-state index in [4.69, 9.17) is 4.74 Å². The van der Waals surface area contributed by atoms with Crippen LogP contribution < -0.4 is 0 Å². The largest absolute Gasteiger partial charge is 0.383 e. The van der Waals surface area contributed by atoms with Crippen molar-refractivity contribution in [3.8, 4) is 0 Å². The summed E-state index contributed by atoms with van der Waals surface area (Å²) < 4.78 is 6.04. The fraction of sp³-hybridized carbons (Fsp3) is 0.583. The minimum absolute atomic E-state index is 0.763. The van der Waals surface area contributed by atoms with Gasteiger partial charge in [-0.3, -0.25) is 4.90 Å². The van der Waals surface area contributed by atoms with Crippen molar-refractivity contribution in [2.75, 3.05) is 20.3 Å². The van der Waals surface area contributed by atoms with Crippen molar-refractivity contribution in [1.82, 2.24) is 9.88 Å². The van der Waals surface area contributed by atoms with Crippen LogP contribution in [0.4, 0.5) is 0 Å². The normalized spacial score (nSPS) is 15.7. The van der Waals surface area contributed by atoms with Gasteiger partial charge in [0.1, 0.15) is 4.60 Å². The number of halogens is 1. The molecule has 0 aromatic carbocycles. The van der Waals surface area contributed by atoms with Crippen LogP contribution in [0.25, 0.3) is 0 Å². The third kappa shape index (κ3) is 3.54. The molecule has 0 spiro atoms. The number of hydrogen-bond donors (Lipinski definition) is 0. The zero-order valence-electron chi connectivity index (χ0n) is 9.53. The third-order valence-electron chi connectivity index (χ3n) is 2.82. The van der Waals surface area contributed by atoms with Crippen LogP contribution in [0.3, 0.4) is 0 Å². The van der Waals surface area contributed by atoms with Gasteiger partial charge in [-0.15, -0.1) is 0 Å². The van der Waals surface area contributed by atoms with Crippen molar-refractivity contribution in [2.45, 2.75) is 25.4 Å². The molecule has 0 bridgehead atoms. The predicted molar refractivity (Wildman–Crippen MR) is 67.2 cm³/mol. The van der Waals surface area contributed by atoms with Gasteiger partial charge in [0.15, 0.2) is 0 Å². The fourth-order valence-electron chi connectivity index (χ4n) is 1.77. The maximum atomic E-state index is 5.14. The molecule has 4 heteroatoms. The number of pyridine rings is 1. The number of hydrogen-bond acceptors (Lipinski definition) is 3. The number of aromatic nitrogens is 1. The van der Waals surface area contributed by atoms with Crippen LogP contribution in [0.2, 0.25) is 0 Å². The maximum Gasteiger partial charge on any atom is 0.106 e. The monoisotopic (exact) mass is 284 g/mol. The van der Waals surface area contributed by atoms with Gasteiger partial charge in [0, 0.05) is 32.4 Å². The summed E-state index contributed by atoms with van der Waals surface area (Å²) in [5.74, 6) is 0. The van der Waals surface area contributed by atoms with Gasteiger partial charge in [0.25, 0.3) is 0 Å². The standard InChI is InChI=1S/C12H17BrN2O/c1-16-7-6-15(11-3-4-11)9-10-2-5-12(13)14-8-10/h2,5,8,11H,3-4,6-7,9H2,1H3. The first-order valence-electron chi connectivity index (χ1n) is 5.63. The molecule has 0 saturated heterocycles. The molecular formula is C12H17BrN2O. The Hall–Kier alpha value is -0.450. The van der Waals surface area contributed by atoms with E-state index in [9.17, 15) is 0 Å². The van der Waals surface area contributed by atoms with Crippen LogP contribution in [-0.4, -0.2) is 36.2 Å². The van der Waals surface area contributed by atoms with Gasteiger partial charge in [-0.2, -0.15) is 0 Å². The maximum absolute atomic E-state index is 5.14. The minimum Gasteiger partial charge on any atom is -0.383 e. The predicted octanol–water partition coefficient (Wildman–Crippen LogP) is 2.45. The molecule has 1 heterocycles. The van der Waals surface area contributed by atoms with E-state index in [2.05, 4.69) is 31.9 Å². The lowest BCUT2D eigenvalue weighted by molar-refractivity contribution is 0.139. The number of rotatable bonds is 6. The van der Waals surface area contributed by atoms with E-state index in [0.717, 1.165) is 30.3 Å².